The molecule has 0 radical (unpaired) electrons. The minimum absolute atomic E-state index is 0.00649. The first-order valence-electron chi connectivity index (χ1n) is 11.9. The molecule has 0 bridgehead atoms. The Hall–Kier alpha value is -3.92. The van der Waals surface area contributed by atoms with E-state index in [2.05, 4.69) is 4.72 Å². The van der Waals surface area contributed by atoms with Gasteiger partial charge in [0.25, 0.3) is 20.0 Å². The minimum atomic E-state index is -4.19. The van der Waals surface area contributed by atoms with Gasteiger partial charge >= 0.3 is 0 Å². The molecule has 1 heterocycles. The number of fused-ring (bicyclic) bond motifs is 1. The van der Waals surface area contributed by atoms with Gasteiger partial charge in [0.15, 0.2) is 5.03 Å². The first-order chi connectivity index (χ1) is 18.2. The quantitative estimate of drug-likeness (QED) is 0.293. The van der Waals surface area contributed by atoms with E-state index >= 15 is 0 Å². The van der Waals surface area contributed by atoms with Gasteiger partial charge in [-0.05, 0) is 53.1 Å². The van der Waals surface area contributed by atoms with Crippen LogP contribution in [-0.2, 0) is 26.6 Å². The van der Waals surface area contributed by atoms with Crippen molar-refractivity contribution in [2.24, 2.45) is 0 Å². The number of hydrogen-bond donors (Lipinski definition) is 1. The van der Waals surface area contributed by atoms with Gasteiger partial charge in [0.05, 0.1) is 10.4 Å². The molecule has 5 rings (SSSR count). The van der Waals surface area contributed by atoms with Crippen molar-refractivity contribution >= 4 is 36.6 Å². The van der Waals surface area contributed by atoms with Crippen LogP contribution in [0, 0.1) is 0 Å². The van der Waals surface area contributed by atoms with Crippen molar-refractivity contribution in [2.45, 2.75) is 16.5 Å². The van der Waals surface area contributed by atoms with Crippen LogP contribution in [0.3, 0.4) is 0 Å². The minimum Gasteiger partial charge on any atom is -0.378 e. The summed E-state index contributed by atoms with van der Waals surface area (Å²) in [6.07, 6.45) is 0. The lowest BCUT2D eigenvalue weighted by Gasteiger charge is -2.14. The zero-order valence-electron chi connectivity index (χ0n) is 20.9. The van der Waals surface area contributed by atoms with E-state index in [1.807, 2.05) is 67.5 Å². The van der Waals surface area contributed by atoms with Gasteiger partial charge in [-0.3, -0.25) is 0 Å². The monoisotopic (exact) mass is 545 g/mol. The van der Waals surface area contributed by atoms with Crippen LogP contribution in [0.15, 0.2) is 119 Å². The number of sulfonamides is 1. The van der Waals surface area contributed by atoms with Gasteiger partial charge in [-0.25, -0.2) is 25.5 Å². The molecule has 38 heavy (non-hydrogen) atoms. The van der Waals surface area contributed by atoms with Crippen molar-refractivity contribution in [3.05, 3.63) is 115 Å². The molecule has 0 fully saturated rings. The highest BCUT2D eigenvalue weighted by molar-refractivity contribution is 7.92. The van der Waals surface area contributed by atoms with E-state index < -0.39 is 20.0 Å². The van der Waals surface area contributed by atoms with Gasteiger partial charge in [0.2, 0.25) is 0 Å². The average Bonchev–Trinajstić information content (AvgIpc) is 3.35. The lowest BCUT2D eigenvalue weighted by Crippen LogP contribution is -2.27. The largest absolute Gasteiger partial charge is 0.378 e. The number of rotatable bonds is 8. The molecule has 194 valence electrons. The molecule has 5 aromatic rings. The van der Waals surface area contributed by atoms with Crippen molar-refractivity contribution in [3.63, 3.8) is 0 Å². The highest BCUT2D eigenvalue weighted by atomic mass is 32.2. The average molecular weight is 546 g/mol. The van der Waals surface area contributed by atoms with Crippen LogP contribution >= 0.6 is 0 Å². The fourth-order valence-electron chi connectivity index (χ4n) is 4.26. The second-order valence-corrected chi connectivity index (χ2v) is 12.6. The van der Waals surface area contributed by atoms with E-state index in [0.29, 0.717) is 10.9 Å². The Bertz CT molecular complexity index is 1790. The third-order valence-corrected chi connectivity index (χ3v) is 9.56. The standard InChI is InChI=1S/C29H27N3O4S2/c1-31(2)26-18-16-24(17-19-26)23-14-12-22(13-15-23)21-30-37(33,34)29-20-25-8-6-7-11-28(25)32(29)38(35,36)27-9-4-3-5-10-27/h3-20,30H,21H2,1-2H3. The van der Waals surface area contributed by atoms with E-state index in [9.17, 15) is 16.8 Å². The van der Waals surface area contributed by atoms with Crippen molar-refractivity contribution in [1.29, 1.82) is 0 Å². The molecule has 0 aliphatic carbocycles. The summed E-state index contributed by atoms with van der Waals surface area (Å²) < 4.78 is 57.5. The Balaban J connectivity index is 1.43. The second-order valence-electron chi connectivity index (χ2n) is 9.09. The molecule has 0 unspecified atom stereocenters. The summed E-state index contributed by atoms with van der Waals surface area (Å²) in [4.78, 5) is 2.04. The maximum Gasteiger partial charge on any atom is 0.269 e. The molecule has 9 heteroatoms. The molecule has 0 amide bonds. The van der Waals surface area contributed by atoms with Gasteiger partial charge in [-0.1, -0.05) is 72.8 Å². The summed E-state index contributed by atoms with van der Waals surface area (Å²) in [5.41, 5.74) is 4.21. The zero-order chi connectivity index (χ0) is 26.9. The van der Waals surface area contributed by atoms with E-state index in [-0.39, 0.29) is 16.5 Å². The molecule has 0 saturated heterocycles. The molecular formula is C29H27N3O4S2. The van der Waals surface area contributed by atoms with Gasteiger partial charge in [0, 0.05) is 31.7 Å². The van der Waals surface area contributed by atoms with Crippen molar-refractivity contribution in [3.8, 4) is 11.1 Å². The van der Waals surface area contributed by atoms with Crippen LogP contribution in [0.4, 0.5) is 5.69 Å². The van der Waals surface area contributed by atoms with Gasteiger partial charge < -0.3 is 4.90 Å². The normalized spacial score (nSPS) is 12.1. The van der Waals surface area contributed by atoms with Crippen LogP contribution in [-0.4, -0.2) is 34.9 Å². The van der Waals surface area contributed by atoms with Crippen molar-refractivity contribution in [2.75, 3.05) is 19.0 Å². The predicted molar refractivity (Wildman–Crippen MR) is 151 cm³/mol. The summed E-state index contributed by atoms with van der Waals surface area (Å²) in [6, 6.07) is 31.6. The van der Waals surface area contributed by atoms with Gasteiger partial charge in [-0.2, -0.15) is 0 Å². The lowest BCUT2D eigenvalue weighted by molar-refractivity contribution is 0.565. The number of benzene rings is 4. The van der Waals surface area contributed by atoms with Crippen LogP contribution in [0.2, 0.25) is 0 Å². The molecule has 0 aliphatic rings. The van der Waals surface area contributed by atoms with Gasteiger partial charge in [-0.15, -0.1) is 0 Å². The number of para-hydroxylation sites is 1. The van der Waals surface area contributed by atoms with Crippen LogP contribution in [0.25, 0.3) is 22.0 Å². The van der Waals surface area contributed by atoms with Crippen LogP contribution in [0.5, 0.6) is 0 Å². The van der Waals surface area contributed by atoms with E-state index in [4.69, 9.17) is 0 Å². The molecule has 1 N–H and O–H groups in total. The number of aromatic nitrogens is 1. The summed E-state index contributed by atoms with van der Waals surface area (Å²) in [5.74, 6) is 0. The van der Waals surface area contributed by atoms with E-state index in [1.165, 1.54) is 18.2 Å². The Morgan fingerprint density at radius 1 is 0.711 bits per heavy atom. The molecular weight excluding hydrogens is 518 g/mol. The number of anilines is 1. The molecule has 0 spiro atoms. The molecule has 0 atom stereocenters. The summed E-state index contributed by atoms with van der Waals surface area (Å²) in [7, 11) is -4.38. The first-order valence-corrected chi connectivity index (χ1v) is 14.9. The van der Waals surface area contributed by atoms with E-state index in [1.54, 1.807) is 42.5 Å². The van der Waals surface area contributed by atoms with Crippen molar-refractivity contribution in [1.82, 2.24) is 8.69 Å². The third kappa shape index (κ3) is 4.96. The molecule has 0 aliphatic heterocycles. The molecule has 1 aromatic heterocycles. The smallest absolute Gasteiger partial charge is 0.269 e. The Morgan fingerprint density at radius 2 is 1.29 bits per heavy atom. The van der Waals surface area contributed by atoms with Crippen LogP contribution < -0.4 is 9.62 Å². The fourth-order valence-corrected chi connectivity index (χ4v) is 7.38. The number of nitrogens with zero attached hydrogens (tertiary/aromatic N) is 2. The highest BCUT2D eigenvalue weighted by Gasteiger charge is 2.29. The Labute approximate surface area is 223 Å². The first kappa shape index (κ1) is 25.7. The maximum absolute atomic E-state index is 13.5. The van der Waals surface area contributed by atoms with Gasteiger partial charge in [0.1, 0.15) is 0 Å². The lowest BCUT2D eigenvalue weighted by atomic mass is 10.0. The summed E-state index contributed by atoms with van der Waals surface area (Å²) >= 11 is 0. The van der Waals surface area contributed by atoms with E-state index in [0.717, 1.165) is 26.4 Å². The number of hydrogen-bond acceptors (Lipinski definition) is 5. The summed E-state index contributed by atoms with van der Waals surface area (Å²) in [6.45, 7) is 0.00902. The Morgan fingerprint density at radius 3 is 1.92 bits per heavy atom. The fraction of sp³-hybridized carbons (Fsp3) is 0.103. The van der Waals surface area contributed by atoms with Crippen LogP contribution in [0.1, 0.15) is 5.56 Å². The molecule has 0 saturated carbocycles. The second kappa shape index (κ2) is 10.1. The Kier molecular flexibility index (Phi) is 6.83. The van der Waals surface area contributed by atoms with Crippen molar-refractivity contribution < 1.29 is 16.8 Å². The maximum atomic E-state index is 13.5. The predicted octanol–water partition coefficient (Wildman–Crippen LogP) is 5.09. The topological polar surface area (TPSA) is 88.5 Å². The third-order valence-electron chi connectivity index (χ3n) is 6.33. The molecule has 7 nitrogen and oxygen atoms in total. The SMILES string of the molecule is CN(C)c1ccc(-c2ccc(CNS(=O)(=O)c3cc4ccccc4n3S(=O)(=O)c3ccccc3)cc2)cc1. The highest BCUT2D eigenvalue weighted by Crippen LogP contribution is 2.29. The summed E-state index contributed by atoms with van der Waals surface area (Å²) in [5, 5.41) is 0.178. The zero-order valence-corrected chi connectivity index (χ0v) is 22.6. The number of nitrogens with one attached hydrogen (secondary N) is 1. The molecule has 4 aromatic carbocycles.